The number of nitrogens with one attached hydrogen (secondary N) is 1. The first-order valence-corrected chi connectivity index (χ1v) is 8.71. The first kappa shape index (κ1) is 16.2. The van der Waals surface area contributed by atoms with E-state index in [4.69, 9.17) is 12.2 Å². The summed E-state index contributed by atoms with van der Waals surface area (Å²) >= 11 is 5.22. The van der Waals surface area contributed by atoms with Gasteiger partial charge in [0, 0.05) is 38.5 Å². The van der Waals surface area contributed by atoms with E-state index in [-0.39, 0.29) is 24.3 Å². The van der Waals surface area contributed by atoms with Crippen LogP contribution in [0.1, 0.15) is 32.0 Å². The van der Waals surface area contributed by atoms with Crippen molar-refractivity contribution in [3.8, 4) is 0 Å². The number of hydrogen-bond acceptors (Lipinski definition) is 4. The van der Waals surface area contributed by atoms with Gasteiger partial charge in [-0.2, -0.15) is 5.10 Å². The topological polar surface area (TPSA) is 74.2 Å². The van der Waals surface area contributed by atoms with E-state index >= 15 is 0 Å². The summed E-state index contributed by atoms with van der Waals surface area (Å²) in [5.74, 6) is 1.38. The molecular formula is C15H23N5O2S. The van der Waals surface area contributed by atoms with Crippen molar-refractivity contribution in [2.24, 2.45) is 5.92 Å². The lowest BCUT2D eigenvalue weighted by Gasteiger charge is -2.35. The van der Waals surface area contributed by atoms with E-state index < -0.39 is 0 Å². The van der Waals surface area contributed by atoms with E-state index in [0.717, 1.165) is 31.5 Å². The molecule has 0 radical (unpaired) electrons. The summed E-state index contributed by atoms with van der Waals surface area (Å²) in [5, 5.41) is 6.95. The monoisotopic (exact) mass is 337 g/mol. The second-order valence-electron chi connectivity index (χ2n) is 6.26. The van der Waals surface area contributed by atoms with Crippen LogP contribution in [0.15, 0.2) is 0 Å². The molecule has 0 atom stereocenters. The summed E-state index contributed by atoms with van der Waals surface area (Å²) in [6, 6.07) is 0. The third-order valence-electron chi connectivity index (χ3n) is 4.47. The summed E-state index contributed by atoms with van der Waals surface area (Å²) in [5.41, 5.74) is 0. The predicted molar refractivity (Wildman–Crippen MR) is 87.3 cm³/mol. The zero-order valence-corrected chi connectivity index (χ0v) is 14.3. The second kappa shape index (κ2) is 6.82. The molecule has 0 spiro atoms. The van der Waals surface area contributed by atoms with E-state index in [1.165, 1.54) is 0 Å². The number of hydrogen-bond donors (Lipinski definition) is 1. The number of piperazine rings is 1. The van der Waals surface area contributed by atoms with Gasteiger partial charge in [-0.15, -0.1) is 0 Å². The molecule has 0 bridgehead atoms. The molecule has 126 valence electrons. The molecule has 3 rings (SSSR count). The first-order valence-electron chi connectivity index (χ1n) is 8.30. The Morgan fingerprint density at radius 3 is 2.48 bits per heavy atom. The van der Waals surface area contributed by atoms with Crippen LogP contribution in [-0.2, 0) is 22.6 Å². The number of H-pyrrole nitrogens is 1. The SMILES string of the molecule is CCCc1n[nH]c(=S)n1CC(=O)N1CCN(C(=O)C2CC2)CC1. The maximum absolute atomic E-state index is 12.5. The van der Waals surface area contributed by atoms with Gasteiger partial charge >= 0.3 is 0 Å². The number of aromatic amines is 1. The highest BCUT2D eigenvalue weighted by molar-refractivity contribution is 7.71. The molecule has 1 aromatic rings. The molecule has 0 aromatic carbocycles. The summed E-state index contributed by atoms with van der Waals surface area (Å²) in [4.78, 5) is 28.3. The Morgan fingerprint density at radius 2 is 1.87 bits per heavy atom. The van der Waals surface area contributed by atoms with E-state index in [9.17, 15) is 9.59 Å². The highest BCUT2D eigenvalue weighted by atomic mass is 32.1. The van der Waals surface area contributed by atoms with Crippen LogP contribution in [0.4, 0.5) is 0 Å². The lowest BCUT2D eigenvalue weighted by molar-refractivity contribution is -0.140. The molecule has 1 aliphatic carbocycles. The summed E-state index contributed by atoms with van der Waals surface area (Å²) in [6.07, 6.45) is 3.80. The summed E-state index contributed by atoms with van der Waals surface area (Å²) in [7, 11) is 0. The van der Waals surface area contributed by atoms with Crippen LogP contribution in [0.2, 0.25) is 0 Å². The lowest BCUT2D eigenvalue weighted by Crippen LogP contribution is -2.51. The van der Waals surface area contributed by atoms with Crippen LogP contribution in [0.5, 0.6) is 0 Å². The minimum Gasteiger partial charge on any atom is -0.339 e. The largest absolute Gasteiger partial charge is 0.339 e. The van der Waals surface area contributed by atoms with Crippen LogP contribution >= 0.6 is 12.2 Å². The molecule has 2 aliphatic rings. The molecule has 1 saturated heterocycles. The Morgan fingerprint density at radius 1 is 1.22 bits per heavy atom. The van der Waals surface area contributed by atoms with Crippen molar-refractivity contribution >= 4 is 24.0 Å². The van der Waals surface area contributed by atoms with Gasteiger partial charge in [-0.05, 0) is 31.5 Å². The van der Waals surface area contributed by atoms with E-state index in [0.29, 0.717) is 31.0 Å². The molecular weight excluding hydrogens is 314 g/mol. The van der Waals surface area contributed by atoms with Crippen LogP contribution in [0.25, 0.3) is 0 Å². The average Bonchev–Trinajstić information content (AvgIpc) is 3.36. The zero-order chi connectivity index (χ0) is 16.4. The Kier molecular flexibility index (Phi) is 4.79. The average molecular weight is 337 g/mol. The van der Waals surface area contributed by atoms with Gasteiger partial charge in [0.25, 0.3) is 0 Å². The highest BCUT2D eigenvalue weighted by Crippen LogP contribution is 2.31. The van der Waals surface area contributed by atoms with Crippen LogP contribution in [0, 0.1) is 10.7 Å². The fourth-order valence-electron chi connectivity index (χ4n) is 2.93. The minimum atomic E-state index is 0.0402. The fourth-order valence-corrected chi connectivity index (χ4v) is 3.14. The van der Waals surface area contributed by atoms with Gasteiger partial charge in [-0.25, -0.2) is 0 Å². The highest BCUT2D eigenvalue weighted by Gasteiger charge is 2.35. The Balaban J connectivity index is 1.56. The van der Waals surface area contributed by atoms with Gasteiger partial charge in [0.1, 0.15) is 12.4 Å². The Labute approximate surface area is 140 Å². The van der Waals surface area contributed by atoms with Crippen molar-refractivity contribution < 1.29 is 9.59 Å². The molecule has 8 heteroatoms. The Hall–Kier alpha value is -1.70. The number of nitrogens with zero attached hydrogens (tertiary/aromatic N) is 4. The molecule has 0 unspecified atom stereocenters. The van der Waals surface area contributed by atoms with Crippen molar-refractivity contribution in [1.82, 2.24) is 24.6 Å². The molecule has 7 nitrogen and oxygen atoms in total. The normalized spacial score (nSPS) is 18.3. The maximum Gasteiger partial charge on any atom is 0.242 e. The van der Waals surface area contributed by atoms with Crippen LogP contribution in [-0.4, -0.2) is 62.6 Å². The number of aryl methyl sites for hydroxylation is 1. The Bertz CT molecular complexity index is 641. The van der Waals surface area contributed by atoms with Crippen molar-refractivity contribution in [3.63, 3.8) is 0 Å². The van der Waals surface area contributed by atoms with Gasteiger partial charge in [-0.1, -0.05) is 6.92 Å². The maximum atomic E-state index is 12.5. The third-order valence-corrected chi connectivity index (χ3v) is 4.79. The van der Waals surface area contributed by atoms with E-state index in [1.807, 2.05) is 9.80 Å². The molecule has 1 aliphatic heterocycles. The van der Waals surface area contributed by atoms with Gasteiger partial charge in [-0.3, -0.25) is 19.3 Å². The van der Waals surface area contributed by atoms with E-state index in [2.05, 4.69) is 17.1 Å². The third kappa shape index (κ3) is 3.63. The molecule has 2 amide bonds. The van der Waals surface area contributed by atoms with Crippen molar-refractivity contribution in [2.45, 2.75) is 39.2 Å². The lowest BCUT2D eigenvalue weighted by atomic mass is 10.2. The smallest absolute Gasteiger partial charge is 0.242 e. The van der Waals surface area contributed by atoms with Gasteiger partial charge in [0.15, 0.2) is 4.77 Å². The molecule has 2 heterocycles. The number of aromatic nitrogens is 3. The molecule has 1 aromatic heterocycles. The molecule has 23 heavy (non-hydrogen) atoms. The van der Waals surface area contributed by atoms with Gasteiger partial charge in [0.2, 0.25) is 11.8 Å². The predicted octanol–water partition coefficient (Wildman–Crippen LogP) is 0.974. The fraction of sp³-hybridized carbons (Fsp3) is 0.733. The quantitative estimate of drug-likeness (QED) is 0.813. The number of carbonyl (C=O) groups is 2. The second-order valence-corrected chi connectivity index (χ2v) is 6.65. The molecule has 2 fully saturated rings. The van der Waals surface area contributed by atoms with Crippen molar-refractivity contribution in [1.29, 1.82) is 0 Å². The summed E-state index contributed by atoms with van der Waals surface area (Å²) < 4.78 is 2.27. The standard InChI is InChI=1S/C15H23N5O2S/c1-2-3-12-16-17-15(23)20(12)10-13(21)18-6-8-19(9-7-18)14(22)11-4-5-11/h11H,2-10H2,1H3,(H,17,23). The van der Waals surface area contributed by atoms with Crippen LogP contribution in [0.3, 0.4) is 0 Å². The van der Waals surface area contributed by atoms with Gasteiger partial charge < -0.3 is 9.80 Å². The number of amides is 2. The molecule has 1 N–H and O–H groups in total. The zero-order valence-electron chi connectivity index (χ0n) is 13.5. The van der Waals surface area contributed by atoms with Crippen molar-refractivity contribution in [2.75, 3.05) is 26.2 Å². The van der Waals surface area contributed by atoms with Crippen molar-refractivity contribution in [3.05, 3.63) is 10.6 Å². The number of rotatable bonds is 5. The number of carbonyl (C=O) groups excluding carboxylic acids is 2. The first-order chi connectivity index (χ1) is 11.1. The minimum absolute atomic E-state index is 0.0402. The van der Waals surface area contributed by atoms with Gasteiger partial charge in [0.05, 0.1) is 0 Å². The van der Waals surface area contributed by atoms with E-state index in [1.54, 1.807) is 4.57 Å². The van der Waals surface area contributed by atoms with Crippen LogP contribution < -0.4 is 0 Å². The molecule has 1 saturated carbocycles. The summed E-state index contributed by atoms with van der Waals surface area (Å²) in [6.45, 7) is 4.78.